The third-order valence-corrected chi connectivity index (χ3v) is 7.38. The number of rotatable bonds is 3. The van der Waals surface area contributed by atoms with Crippen LogP contribution in [-0.2, 0) is 19.3 Å². The van der Waals surface area contributed by atoms with E-state index in [9.17, 15) is 8.42 Å². The zero-order chi connectivity index (χ0) is 15.0. The van der Waals surface area contributed by atoms with Crippen LogP contribution in [0.4, 0.5) is 0 Å². The summed E-state index contributed by atoms with van der Waals surface area (Å²) in [5.74, 6) is 0.187. The molecule has 0 aromatic carbocycles. The van der Waals surface area contributed by atoms with Crippen LogP contribution < -0.4 is 5.73 Å². The van der Waals surface area contributed by atoms with Gasteiger partial charge in [0.05, 0.1) is 10.3 Å². The second kappa shape index (κ2) is 5.55. The van der Waals surface area contributed by atoms with Gasteiger partial charge in [-0.2, -0.15) is 0 Å². The Morgan fingerprint density at radius 1 is 1.25 bits per heavy atom. The third kappa shape index (κ3) is 3.03. The largest absolute Gasteiger partial charge is 0.381 e. The fourth-order valence-electron chi connectivity index (χ4n) is 3.28. The summed E-state index contributed by atoms with van der Waals surface area (Å²) in [6.45, 7) is 5.57. The van der Waals surface area contributed by atoms with E-state index >= 15 is 0 Å². The van der Waals surface area contributed by atoms with Gasteiger partial charge in [0, 0.05) is 32.1 Å². The summed E-state index contributed by atoms with van der Waals surface area (Å²) in [7, 11) is -3.18. The smallest absolute Gasteiger partial charge is 0.154 e. The maximum absolute atomic E-state index is 12.0. The number of hydrogen-bond donors (Lipinski definition) is 1. The summed E-state index contributed by atoms with van der Waals surface area (Å²) >= 11 is 0. The second-order valence-corrected chi connectivity index (χ2v) is 9.39. The molecule has 0 bridgehead atoms. The second-order valence-electron chi connectivity index (χ2n) is 6.80. The highest BCUT2D eigenvalue weighted by Crippen LogP contribution is 2.40. The van der Waals surface area contributed by atoms with Gasteiger partial charge in [-0.25, -0.2) is 8.42 Å². The molecule has 0 saturated carbocycles. The van der Waals surface area contributed by atoms with E-state index in [0.29, 0.717) is 6.61 Å². The lowest BCUT2D eigenvalue weighted by molar-refractivity contribution is -0.149. The summed E-state index contributed by atoms with van der Waals surface area (Å²) in [6.07, 6.45) is 4.72. The summed E-state index contributed by atoms with van der Waals surface area (Å²) < 4.78 is 34.5. The highest BCUT2D eigenvalue weighted by molar-refractivity contribution is 7.92. The molecule has 2 saturated heterocycles. The average Bonchev–Trinajstić information content (AvgIpc) is 2.37. The van der Waals surface area contributed by atoms with E-state index in [-0.39, 0.29) is 17.6 Å². The monoisotopic (exact) mass is 305 g/mol. The van der Waals surface area contributed by atoms with Crippen LogP contribution in [0, 0.1) is 5.92 Å². The Morgan fingerprint density at radius 2 is 1.85 bits per heavy atom. The van der Waals surface area contributed by atoms with Gasteiger partial charge in [-0.1, -0.05) is 0 Å². The van der Waals surface area contributed by atoms with Crippen LogP contribution in [0.25, 0.3) is 0 Å². The molecule has 2 fully saturated rings. The molecule has 1 spiro atoms. The molecule has 2 aliphatic heterocycles. The van der Waals surface area contributed by atoms with Gasteiger partial charge in [0.15, 0.2) is 9.84 Å². The minimum Gasteiger partial charge on any atom is -0.381 e. The highest BCUT2D eigenvalue weighted by Gasteiger charge is 2.46. The van der Waals surface area contributed by atoms with Crippen molar-refractivity contribution in [1.29, 1.82) is 0 Å². The molecule has 2 heterocycles. The topological polar surface area (TPSA) is 78.6 Å². The Morgan fingerprint density at radius 3 is 2.40 bits per heavy atom. The van der Waals surface area contributed by atoms with Crippen molar-refractivity contribution in [3.63, 3.8) is 0 Å². The van der Waals surface area contributed by atoms with E-state index in [1.807, 2.05) is 0 Å². The molecule has 20 heavy (non-hydrogen) atoms. The Balaban J connectivity index is 2.12. The van der Waals surface area contributed by atoms with Crippen molar-refractivity contribution in [3.8, 4) is 0 Å². The lowest BCUT2D eigenvalue weighted by Crippen LogP contribution is -2.57. The fourth-order valence-corrected chi connectivity index (χ4v) is 3.97. The first kappa shape index (κ1) is 16.2. The molecule has 0 radical (unpaired) electrons. The van der Waals surface area contributed by atoms with Gasteiger partial charge in [0.25, 0.3) is 0 Å². The van der Waals surface area contributed by atoms with Crippen molar-refractivity contribution >= 4 is 9.84 Å². The van der Waals surface area contributed by atoms with Crippen LogP contribution in [0.15, 0.2) is 0 Å². The Bertz CT molecular complexity index is 435. The molecule has 6 heteroatoms. The molecule has 0 aromatic heterocycles. The molecule has 2 aliphatic rings. The van der Waals surface area contributed by atoms with Crippen LogP contribution in [0.5, 0.6) is 0 Å². The number of sulfone groups is 1. The predicted octanol–water partition coefficient (Wildman–Crippen LogP) is 1.11. The van der Waals surface area contributed by atoms with Crippen molar-refractivity contribution in [2.75, 3.05) is 26.1 Å². The van der Waals surface area contributed by atoms with Crippen molar-refractivity contribution in [1.82, 2.24) is 0 Å². The Kier molecular flexibility index (Phi) is 4.50. The molecule has 2 atom stereocenters. The van der Waals surface area contributed by atoms with E-state index in [2.05, 4.69) is 0 Å². The number of ether oxygens (including phenoxy) is 2. The quantitative estimate of drug-likeness (QED) is 0.845. The van der Waals surface area contributed by atoms with E-state index in [1.54, 1.807) is 13.8 Å². The first-order valence-corrected chi connectivity index (χ1v) is 9.24. The number of nitrogens with two attached hydrogens (primary N) is 1. The molecule has 0 amide bonds. The zero-order valence-corrected chi connectivity index (χ0v) is 13.5. The molecule has 0 aliphatic carbocycles. The number of hydrogen-bond acceptors (Lipinski definition) is 5. The molecular weight excluding hydrogens is 278 g/mol. The Hall–Kier alpha value is -0.170. The lowest BCUT2D eigenvalue weighted by atomic mass is 9.75. The molecule has 2 N–H and O–H groups in total. The average molecular weight is 305 g/mol. The van der Waals surface area contributed by atoms with Crippen molar-refractivity contribution in [3.05, 3.63) is 0 Å². The third-order valence-electron chi connectivity index (χ3n) is 5.20. The van der Waals surface area contributed by atoms with Crippen LogP contribution in [0.1, 0.15) is 39.5 Å². The molecule has 5 nitrogen and oxygen atoms in total. The minimum atomic E-state index is -3.18. The maximum Gasteiger partial charge on any atom is 0.154 e. The zero-order valence-electron chi connectivity index (χ0n) is 12.7. The van der Waals surface area contributed by atoms with E-state index in [0.717, 1.165) is 38.9 Å². The summed E-state index contributed by atoms with van der Waals surface area (Å²) in [5, 5.41) is 0. The minimum absolute atomic E-state index is 0.146. The summed E-state index contributed by atoms with van der Waals surface area (Å²) in [6, 6.07) is -0.360. The fraction of sp³-hybridized carbons (Fsp3) is 1.00. The Labute approximate surface area is 122 Å². The van der Waals surface area contributed by atoms with E-state index in [4.69, 9.17) is 15.2 Å². The van der Waals surface area contributed by atoms with Crippen LogP contribution in [0.3, 0.4) is 0 Å². The van der Waals surface area contributed by atoms with Gasteiger partial charge in [-0.15, -0.1) is 0 Å². The van der Waals surface area contributed by atoms with Gasteiger partial charge in [0.1, 0.15) is 0 Å². The van der Waals surface area contributed by atoms with Gasteiger partial charge in [-0.3, -0.25) is 0 Å². The van der Waals surface area contributed by atoms with Gasteiger partial charge >= 0.3 is 0 Å². The molecule has 2 rings (SSSR count). The van der Waals surface area contributed by atoms with E-state index in [1.165, 1.54) is 6.26 Å². The first-order chi connectivity index (χ1) is 9.18. The summed E-state index contributed by atoms with van der Waals surface area (Å²) in [5.41, 5.74) is 6.19. The van der Waals surface area contributed by atoms with Crippen molar-refractivity contribution < 1.29 is 17.9 Å². The molecular formula is C14H27NO4S. The van der Waals surface area contributed by atoms with Crippen molar-refractivity contribution in [2.45, 2.75) is 55.9 Å². The molecule has 118 valence electrons. The standard InChI is InChI=1S/C14H27NO4S/c1-13(2,20(3,16)17)12(15)11-4-7-19-14(10-11)5-8-18-9-6-14/h11-12H,4-10,15H2,1-3H3. The van der Waals surface area contributed by atoms with Crippen LogP contribution in [0.2, 0.25) is 0 Å². The summed E-state index contributed by atoms with van der Waals surface area (Å²) in [4.78, 5) is 0. The SMILES string of the molecule is CC(C)(C(N)C1CCOC2(CCOCC2)C1)S(C)(=O)=O. The first-order valence-electron chi connectivity index (χ1n) is 7.35. The highest BCUT2D eigenvalue weighted by atomic mass is 32.2. The van der Waals surface area contributed by atoms with Crippen molar-refractivity contribution in [2.24, 2.45) is 11.7 Å². The van der Waals surface area contributed by atoms with Gasteiger partial charge in [0.2, 0.25) is 0 Å². The molecule has 2 unspecified atom stereocenters. The maximum atomic E-state index is 12.0. The molecule has 0 aromatic rings. The van der Waals surface area contributed by atoms with Crippen LogP contribution in [-0.4, -0.2) is 50.9 Å². The normalized spacial score (nSPS) is 29.3. The lowest BCUT2D eigenvalue weighted by Gasteiger charge is -2.47. The van der Waals surface area contributed by atoms with Crippen LogP contribution >= 0.6 is 0 Å². The van der Waals surface area contributed by atoms with Gasteiger partial charge < -0.3 is 15.2 Å². The van der Waals surface area contributed by atoms with E-state index < -0.39 is 14.6 Å². The predicted molar refractivity (Wildman–Crippen MR) is 78.4 cm³/mol. The van der Waals surface area contributed by atoms with Gasteiger partial charge in [-0.05, 0) is 45.4 Å².